The number of aldehydes is 2. The number of carbonyl (C=O) groups excluding carboxylic acids is 2. The van der Waals surface area contributed by atoms with Crippen molar-refractivity contribution in [2.75, 3.05) is 39.5 Å². The molecule has 0 radical (unpaired) electrons. The quantitative estimate of drug-likeness (QED) is 0.297. The first kappa shape index (κ1) is 21.2. The first-order valence-corrected chi connectivity index (χ1v) is 8.81. The van der Waals surface area contributed by atoms with Crippen LogP contribution in [0.25, 0.3) is 0 Å². The van der Waals surface area contributed by atoms with Crippen LogP contribution in [0.5, 0.6) is 0 Å². The van der Waals surface area contributed by atoms with E-state index in [4.69, 9.17) is 9.47 Å². The van der Waals surface area contributed by atoms with E-state index < -0.39 is 0 Å². The van der Waals surface area contributed by atoms with Gasteiger partial charge in [-0.25, -0.2) is 9.97 Å². The zero-order chi connectivity index (χ0) is 19.9. The van der Waals surface area contributed by atoms with Crippen molar-refractivity contribution in [3.63, 3.8) is 0 Å². The summed E-state index contributed by atoms with van der Waals surface area (Å²) in [6.45, 7) is 2.91. The van der Waals surface area contributed by atoms with Gasteiger partial charge in [-0.15, -0.1) is 0 Å². The second kappa shape index (κ2) is 13.1. The molecule has 8 heteroatoms. The number of hydrogen-bond acceptors (Lipinski definition) is 8. The largest absolute Gasteiger partial charge is 0.377 e. The van der Waals surface area contributed by atoms with E-state index in [0.717, 1.165) is 0 Å². The van der Waals surface area contributed by atoms with Gasteiger partial charge in [-0.2, -0.15) is 0 Å². The molecule has 2 aromatic rings. The van der Waals surface area contributed by atoms with Crippen LogP contribution < -0.4 is 0 Å². The van der Waals surface area contributed by atoms with E-state index in [1.165, 1.54) is 0 Å². The van der Waals surface area contributed by atoms with Gasteiger partial charge in [-0.1, -0.05) is 12.1 Å². The van der Waals surface area contributed by atoms with Crippen molar-refractivity contribution in [2.24, 2.45) is 9.98 Å². The van der Waals surface area contributed by atoms with Gasteiger partial charge in [0.15, 0.2) is 12.6 Å². The van der Waals surface area contributed by atoms with Crippen LogP contribution >= 0.6 is 0 Å². The lowest BCUT2D eigenvalue weighted by Gasteiger charge is -2.03. The second-order valence-corrected chi connectivity index (χ2v) is 5.51. The van der Waals surface area contributed by atoms with E-state index in [9.17, 15) is 9.59 Å². The summed E-state index contributed by atoms with van der Waals surface area (Å²) in [6.07, 6.45) is 4.64. The molecule has 146 valence electrons. The van der Waals surface area contributed by atoms with Crippen molar-refractivity contribution in [3.8, 4) is 0 Å². The first-order valence-electron chi connectivity index (χ1n) is 8.81. The SMILES string of the molecule is O=Cc1cccc(C=NCCOCCOCCN=Cc2cccc(C=O)n2)n1. The van der Waals surface area contributed by atoms with Gasteiger partial charge in [0.1, 0.15) is 11.4 Å². The lowest BCUT2D eigenvalue weighted by Crippen LogP contribution is -2.09. The maximum Gasteiger partial charge on any atom is 0.168 e. The number of carbonyl (C=O) groups is 2. The third kappa shape index (κ3) is 8.52. The molecule has 0 N–H and O–H groups in total. The van der Waals surface area contributed by atoms with Crippen LogP contribution in [0.1, 0.15) is 32.4 Å². The molecule has 0 aliphatic rings. The molecule has 0 unspecified atom stereocenters. The van der Waals surface area contributed by atoms with Gasteiger partial charge >= 0.3 is 0 Å². The molecule has 2 aromatic heterocycles. The summed E-state index contributed by atoms with van der Waals surface area (Å²) in [5, 5.41) is 0. The van der Waals surface area contributed by atoms with Crippen molar-refractivity contribution in [1.29, 1.82) is 0 Å². The van der Waals surface area contributed by atoms with Gasteiger partial charge in [-0.3, -0.25) is 19.6 Å². The van der Waals surface area contributed by atoms with Crippen molar-refractivity contribution in [3.05, 3.63) is 59.2 Å². The molecule has 0 saturated heterocycles. The average molecular weight is 382 g/mol. The minimum absolute atomic E-state index is 0.382. The number of aromatic nitrogens is 2. The van der Waals surface area contributed by atoms with Crippen LogP contribution in [-0.2, 0) is 9.47 Å². The topological polar surface area (TPSA) is 103 Å². The fourth-order valence-electron chi connectivity index (χ4n) is 2.09. The first-order chi connectivity index (χ1) is 13.8. The van der Waals surface area contributed by atoms with Gasteiger partial charge in [0.2, 0.25) is 0 Å². The molecule has 0 saturated carbocycles. The highest BCUT2D eigenvalue weighted by Crippen LogP contribution is 1.95. The third-order valence-electron chi connectivity index (χ3n) is 3.37. The van der Waals surface area contributed by atoms with Crippen LogP contribution in [-0.4, -0.2) is 74.5 Å². The van der Waals surface area contributed by atoms with Gasteiger partial charge in [-0.05, 0) is 24.3 Å². The minimum Gasteiger partial charge on any atom is -0.377 e. The smallest absolute Gasteiger partial charge is 0.168 e. The molecule has 0 aliphatic carbocycles. The summed E-state index contributed by atoms with van der Waals surface area (Å²) < 4.78 is 10.8. The Morgan fingerprint density at radius 1 is 0.679 bits per heavy atom. The fourth-order valence-corrected chi connectivity index (χ4v) is 2.09. The van der Waals surface area contributed by atoms with Crippen LogP contribution in [0, 0.1) is 0 Å². The zero-order valence-electron chi connectivity index (χ0n) is 15.4. The molecule has 2 heterocycles. The maximum atomic E-state index is 10.6. The number of pyridine rings is 2. The Morgan fingerprint density at radius 2 is 1.11 bits per heavy atom. The molecular formula is C20H22N4O4. The van der Waals surface area contributed by atoms with Gasteiger partial charge in [0.25, 0.3) is 0 Å². The van der Waals surface area contributed by atoms with Crippen LogP contribution in [0.2, 0.25) is 0 Å². The number of rotatable bonds is 13. The number of aliphatic imine (C=N–C) groups is 2. The number of nitrogens with zero attached hydrogens (tertiary/aromatic N) is 4. The lowest BCUT2D eigenvalue weighted by molar-refractivity contribution is 0.0541. The van der Waals surface area contributed by atoms with Crippen LogP contribution in [0.15, 0.2) is 46.4 Å². The third-order valence-corrected chi connectivity index (χ3v) is 3.37. The van der Waals surface area contributed by atoms with E-state index in [0.29, 0.717) is 74.9 Å². The Morgan fingerprint density at radius 3 is 1.54 bits per heavy atom. The molecule has 0 aromatic carbocycles. The van der Waals surface area contributed by atoms with Crippen molar-refractivity contribution in [2.45, 2.75) is 0 Å². The minimum atomic E-state index is 0.382. The van der Waals surface area contributed by atoms with Gasteiger partial charge in [0.05, 0.1) is 50.9 Å². The van der Waals surface area contributed by atoms with Crippen molar-refractivity contribution >= 4 is 25.0 Å². The van der Waals surface area contributed by atoms with E-state index in [-0.39, 0.29) is 0 Å². The average Bonchev–Trinajstić information content (AvgIpc) is 2.74. The van der Waals surface area contributed by atoms with E-state index >= 15 is 0 Å². The van der Waals surface area contributed by atoms with Gasteiger partial charge < -0.3 is 9.47 Å². The predicted molar refractivity (Wildman–Crippen MR) is 106 cm³/mol. The second-order valence-electron chi connectivity index (χ2n) is 5.51. The molecule has 0 spiro atoms. The molecule has 0 bridgehead atoms. The molecular weight excluding hydrogens is 360 g/mol. The predicted octanol–water partition coefficient (Wildman–Crippen LogP) is 1.67. The highest BCUT2D eigenvalue weighted by atomic mass is 16.5. The maximum absolute atomic E-state index is 10.6. The molecule has 0 aliphatic heterocycles. The highest BCUT2D eigenvalue weighted by molar-refractivity contribution is 5.80. The Bertz CT molecular complexity index is 741. The summed E-state index contributed by atoms with van der Waals surface area (Å²) >= 11 is 0. The van der Waals surface area contributed by atoms with E-state index in [1.54, 1.807) is 48.8 Å². The Kier molecular flexibility index (Phi) is 9.94. The van der Waals surface area contributed by atoms with E-state index in [2.05, 4.69) is 20.0 Å². The van der Waals surface area contributed by atoms with Gasteiger partial charge in [0, 0.05) is 12.4 Å². The summed E-state index contributed by atoms with van der Waals surface area (Å²) in [6, 6.07) is 10.4. The molecule has 28 heavy (non-hydrogen) atoms. The Balaban J connectivity index is 1.48. The zero-order valence-corrected chi connectivity index (χ0v) is 15.4. The highest BCUT2D eigenvalue weighted by Gasteiger charge is 1.94. The molecule has 0 atom stereocenters. The summed E-state index contributed by atoms with van der Waals surface area (Å²) in [5.41, 5.74) is 2.04. The van der Waals surface area contributed by atoms with Crippen molar-refractivity contribution < 1.29 is 19.1 Å². The molecule has 2 rings (SSSR count). The molecule has 0 fully saturated rings. The number of hydrogen-bond donors (Lipinski definition) is 0. The fraction of sp³-hybridized carbons (Fsp3) is 0.300. The standard InChI is InChI=1S/C20H22N4O4/c25-15-19-5-1-3-17(23-19)13-21-7-9-27-11-12-28-10-8-22-14-18-4-2-6-20(16-26)24-18/h1-6,13-16H,7-12H2. The van der Waals surface area contributed by atoms with Crippen LogP contribution in [0.3, 0.4) is 0 Å². The summed E-state index contributed by atoms with van der Waals surface area (Å²) in [7, 11) is 0. The monoisotopic (exact) mass is 382 g/mol. The lowest BCUT2D eigenvalue weighted by atomic mass is 10.3. The van der Waals surface area contributed by atoms with Crippen LogP contribution in [0.4, 0.5) is 0 Å². The summed E-state index contributed by atoms with van der Waals surface area (Å²) in [5.74, 6) is 0. The van der Waals surface area contributed by atoms with E-state index in [1.807, 2.05) is 0 Å². The Labute approximate surface area is 163 Å². The van der Waals surface area contributed by atoms with Crippen molar-refractivity contribution in [1.82, 2.24) is 9.97 Å². The normalized spacial score (nSPS) is 11.3. The Hall–Kier alpha value is -3.10. The summed E-state index contributed by atoms with van der Waals surface area (Å²) in [4.78, 5) is 37.9. The molecule has 0 amide bonds. The molecule has 8 nitrogen and oxygen atoms in total. The number of ether oxygens (including phenoxy) is 2.